The fraction of sp³-hybridized carbons (Fsp3) is 0.250. The number of benzene rings is 2. The highest BCUT2D eigenvalue weighted by molar-refractivity contribution is 14.1. The third kappa shape index (κ3) is 2.86. The van der Waals surface area contributed by atoms with Crippen molar-refractivity contribution in [3.8, 4) is 11.5 Å². The Morgan fingerprint density at radius 3 is 2.67 bits per heavy atom. The summed E-state index contributed by atoms with van der Waals surface area (Å²) in [5, 5.41) is 0. The highest BCUT2D eigenvalue weighted by Crippen LogP contribution is 2.35. The lowest BCUT2D eigenvalue weighted by molar-refractivity contribution is 0.171. The van der Waals surface area contributed by atoms with Crippen LogP contribution >= 0.6 is 22.6 Å². The van der Waals surface area contributed by atoms with Crippen LogP contribution in [0.5, 0.6) is 11.5 Å². The Kier molecular flexibility index (Phi) is 4.32. The maximum atomic E-state index is 5.81. The second kappa shape index (κ2) is 6.21. The summed E-state index contributed by atoms with van der Waals surface area (Å²) in [4.78, 5) is 0. The van der Waals surface area contributed by atoms with Crippen molar-refractivity contribution in [2.45, 2.75) is 13.0 Å². The van der Waals surface area contributed by atoms with Crippen LogP contribution in [0, 0.1) is 10.5 Å². The van der Waals surface area contributed by atoms with Crippen molar-refractivity contribution in [2.24, 2.45) is 5.84 Å². The standard InChI is InChI=1S/C16H17IN2O2/c1-10-3-2-4-12(15(10)17)16(19-18)11-5-6-13-14(9-11)21-8-7-20-13/h2-6,9,16,19H,7-8,18H2,1H3. The average molecular weight is 396 g/mol. The molecule has 3 rings (SSSR count). The first-order valence-corrected chi connectivity index (χ1v) is 7.89. The minimum atomic E-state index is -0.0763. The van der Waals surface area contributed by atoms with E-state index < -0.39 is 0 Å². The van der Waals surface area contributed by atoms with Gasteiger partial charge in [-0.1, -0.05) is 24.3 Å². The van der Waals surface area contributed by atoms with Gasteiger partial charge >= 0.3 is 0 Å². The zero-order chi connectivity index (χ0) is 14.8. The number of hydrazine groups is 1. The molecule has 0 aliphatic carbocycles. The fourth-order valence-corrected chi connectivity index (χ4v) is 3.17. The molecule has 0 bridgehead atoms. The van der Waals surface area contributed by atoms with E-state index in [2.05, 4.69) is 53.1 Å². The molecule has 0 spiro atoms. The smallest absolute Gasteiger partial charge is 0.161 e. The van der Waals surface area contributed by atoms with E-state index in [1.807, 2.05) is 18.2 Å². The number of rotatable bonds is 3. The van der Waals surface area contributed by atoms with Gasteiger partial charge in [0.25, 0.3) is 0 Å². The maximum Gasteiger partial charge on any atom is 0.161 e. The molecule has 0 amide bonds. The van der Waals surface area contributed by atoms with Crippen LogP contribution in [0.3, 0.4) is 0 Å². The zero-order valence-corrected chi connectivity index (χ0v) is 13.9. The number of nitrogens with one attached hydrogen (secondary N) is 1. The van der Waals surface area contributed by atoms with Crippen molar-refractivity contribution in [1.82, 2.24) is 5.43 Å². The number of aryl methyl sites for hydroxylation is 1. The molecule has 21 heavy (non-hydrogen) atoms. The fourth-order valence-electron chi connectivity index (χ4n) is 2.50. The van der Waals surface area contributed by atoms with Gasteiger partial charge in [-0.25, -0.2) is 5.43 Å². The first kappa shape index (κ1) is 14.6. The van der Waals surface area contributed by atoms with Crippen LogP contribution in [0.1, 0.15) is 22.7 Å². The number of nitrogens with two attached hydrogens (primary N) is 1. The second-order valence-corrected chi connectivity index (χ2v) is 6.06. The minimum Gasteiger partial charge on any atom is -0.486 e. The summed E-state index contributed by atoms with van der Waals surface area (Å²) in [5.74, 6) is 7.38. The van der Waals surface area contributed by atoms with E-state index in [4.69, 9.17) is 15.3 Å². The van der Waals surface area contributed by atoms with Crippen molar-refractivity contribution >= 4 is 22.6 Å². The molecule has 1 atom stereocenters. The van der Waals surface area contributed by atoms with Crippen LogP contribution in [0.2, 0.25) is 0 Å². The normalized spacial score (nSPS) is 14.8. The molecule has 0 radical (unpaired) electrons. The van der Waals surface area contributed by atoms with Crippen molar-refractivity contribution in [1.29, 1.82) is 0 Å². The first-order valence-electron chi connectivity index (χ1n) is 6.81. The zero-order valence-electron chi connectivity index (χ0n) is 11.7. The number of halogens is 1. The topological polar surface area (TPSA) is 56.5 Å². The molecule has 4 nitrogen and oxygen atoms in total. The van der Waals surface area contributed by atoms with E-state index in [1.54, 1.807) is 0 Å². The molecule has 0 saturated heterocycles. The Labute approximate surface area is 137 Å². The quantitative estimate of drug-likeness (QED) is 0.476. The molecule has 0 saturated carbocycles. The largest absolute Gasteiger partial charge is 0.486 e. The molecule has 2 aromatic rings. The Bertz CT molecular complexity index is 661. The van der Waals surface area contributed by atoms with E-state index in [0.717, 1.165) is 22.6 Å². The van der Waals surface area contributed by atoms with Gasteiger partial charge in [0.1, 0.15) is 13.2 Å². The van der Waals surface area contributed by atoms with E-state index in [9.17, 15) is 0 Å². The first-order chi connectivity index (χ1) is 10.2. The molecule has 110 valence electrons. The van der Waals surface area contributed by atoms with Crippen LogP contribution in [0.4, 0.5) is 0 Å². The highest BCUT2D eigenvalue weighted by Gasteiger charge is 2.19. The van der Waals surface area contributed by atoms with Crippen LogP contribution < -0.4 is 20.7 Å². The summed E-state index contributed by atoms with van der Waals surface area (Å²) in [5.41, 5.74) is 6.37. The molecule has 2 aromatic carbocycles. The van der Waals surface area contributed by atoms with E-state index >= 15 is 0 Å². The number of fused-ring (bicyclic) bond motifs is 1. The van der Waals surface area contributed by atoms with Crippen LogP contribution in [-0.2, 0) is 0 Å². The lowest BCUT2D eigenvalue weighted by Crippen LogP contribution is -2.29. The van der Waals surface area contributed by atoms with Gasteiger partial charge in [-0.3, -0.25) is 5.84 Å². The lowest BCUT2D eigenvalue weighted by atomic mass is 9.97. The highest BCUT2D eigenvalue weighted by atomic mass is 127. The molecule has 1 aliphatic rings. The van der Waals surface area contributed by atoms with E-state index in [0.29, 0.717) is 13.2 Å². The van der Waals surface area contributed by atoms with Gasteiger partial charge in [0.15, 0.2) is 11.5 Å². The molecule has 0 aromatic heterocycles. The van der Waals surface area contributed by atoms with E-state index in [-0.39, 0.29) is 6.04 Å². The molecule has 3 N–H and O–H groups in total. The number of hydrogen-bond acceptors (Lipinski definition) is 4. The number of hydrogen-bond donors (Lipinski definition) is 2. The Morgan fingerprint density at radius 2 is 1.90 bits per heavy atom. The van der Waals surface area contributed by atoms with Crippen molar-refractivity contribution in [3.63, 3.8) is 0 Å². The average Bonchev–Trinajstić information content (AvgIpc) is 2.52. The third-order valence-electron chi connectivity index (χ3n) is 3.60. The van der Waals surface area contributed by atoms with E-state index in [1.165, 1.54) is 9.13 Å². The molecular weight excluding hydrogens is 379 g/mol. The second-order valence-electron chi connectivity index (χ2n) is 4.98. The van der Waals surface area contributed by atoms with Gasteiger partial charge in [-0.15, -0.1) is 0 Å². The molecule has 5 heteroatoms. The van der Waals surface area contributed by atoms with Gasteiger partial charge in [0.2, 0.25) is 0 Å². The van der Waals surface area contributed by atoms with Crippen LogP contribution in [-0.4, -0.2) is 13.2 Å². The maximum absolute atomic E-state index is 5.81. The summed E-state index contributed by atoms with van der Waals surface area (Å²) in [6, 6.07) is 12.1. The monoisotopic (exact) mass is 396 g/mol. The van der Waals surface area contributed by atoms with Crippen molar-refractivity contribution in [3.05, 3.63) is 56.7 Å². The number of ether oxygens (including phenoxy) is 2. The predicted octanol–water partition coefficient (Wildman–Crippen LogP) is 2.92. The van der Waals surface area contributed by atoms with Crippen molar-refractivity contribution in [2.75, 3.05) is 13.2 Å². The van der Waals surface area contributed by atoms with Gasteiger partial charge < -0.3 is 9.47 Å². The predicted molar refractivity (Wildman–Crippen MR) is 90.5 cm³/mol. The summed E-state index contributed by atoms with van der Waals surface area (Å²) in [6.45, 7) is 3.28. The van der Waals surface area contributed by atoms with Gasteiger partial charge in [0.05, 0.1) is 6.04 Å². The van der Waals surface area contributed by atoms with Crippen LogP contribution in [0.25, 0.3) is 0 Å². The Balaban J connectivity index is 2.02. The van der Waals surface area contributed by atoms with Gasteiger partial charge in [-0.2, -0.15) is 0 Å². The molecule has 1 aliphatic heterocycles. The third-order valence-corrected chi connectivity index (χ3v) is 5.07. The minimum absolute atomic E-state index is 0.0763. The molecule has 1 unspecified atom stereocenters. The summed E-state index contributed by atoms with van der Waals surface area (Å²) >= 11 is 2.36. The summed E-state index contributed by atoms with van der Waals surface area (Å²) < 4.78 is 12.4. The van der Waals surface area contributed by atoms with Crippen molar-refractivity contribution < 1.29 is 9.47 Å². The lowest BCUT2D eigenvalue weighted by Gasteiger charge is -2.23. The Hall–Kier alpha value is -1.31. The van der Waals surface area contributed by atoms with Gasteiger partial charge in [0, 0.05) is 3.57 Å². The SMILES string of the molecule is Cc1cccc(C(NN)c2ccc3c(c2)OCCO3)c1I. The molecule has 1 heterocycles. The van der Waals surface area contributed by atoms with Crippen LogP contribution in [0.15, 0.2) is 36.4 Å². The Morgan fingerprint density at radius 1 is 1.14 bits per heavy atom. The molecular formula is C16H17IN2O2. The summed E-state index contributed by atoms with van der Waals surface area (Å²) in [7, 11) is 0. The molecule has 0 fully saturated rings. The summed E-state index contributed by atoms with van der Waals surface area (Å²) in [6.07, 6.45) is 0. The van der Waals surface area contributed by atoms with Gasteiger partial charge in [-0.05, 0) is 58.3 Å².